The number of aromatic nitrogens is 2. The number of nitrogens with zero attached hydrogens (tertiary/aromatic N) is 5. The van der Waals surface area contributed by atoms with Crippen LogP contribution in [-0.4, -0.2) is 76.0 Å². The monoisotopic (exact) mass is 384 g/mol. The molecule has 0 saturated carbocycles. The van der Waals surface area contributed by atoms with E-state index in [0.29, 0.717) is 30.5 Å². The number of nitrogens with one attached hydrogen (secondary N) is 1. The van der Waals surface area contributed by atoms with Crippen LogP contribution in [0.15, 0.2) is 0 Å². The first kappa shape index (κ1) is 18.8. The first-order valence-electron chi connectivity index (χ1n) is 8.74. The predicted octanol–water partition coefficient (Wildman–Crippen LogP) is 0.150. The maximum absolute atomic E-state index is 11.8. The maximum Gasteiger partial charge on any atom is 0.373 e. The molecule has 2 aliphatic heterocycles. The third-order valence-corrected chi connectivity index (χ3v) is 5.50. The molecular formula is C15H24N6O4S. The summed E-state index contributed by atoms with van der Waals surface area (Å²) in [6, 6.07) is 0. The highest BCUT2D eigenvalue weighted by Gasteiger charge is 2.33. The van der Waals surface area contributed by atoms with Gasteiger partial charge in [0, 0.05) is 61.6 Å². The molecule has 2 aliphatic rings. The van der Waals surface area contributed by atoms with Gasteiger partial charge in [-0.3, -0.25) is 14.3 Å². The van der Waals surface area contributed by atoms with E-state index in [0.717, 1.165) is 26.2 Å². The van der Waals surface area contributed by atoms with E-state index < -0.39 is 15.7 Å². The summed E-state index contributed by atoms with van der Waals surface area (Å²) in [4.78, 5) is 24.0. The summed E-state index contributed by atoms with van der Waals surface area (Å²) in [7, 11) is -0.881. The molecule has 0 unspecified atom stereocenters. The van der Waals surface area contributed by atoms with Crippen molar-refractivity contribution in [3.05, 3.63) is 10.1 Å². The Morgan fingerprint density at radius 1 is 1.15 bits per heavy atom. The molecule has 144 valence electrons. The van der Waals surface area contributed by atoms with Gasteiger partial charge in [0.25, 0.3) is 0 Å². The molecule has 11 heteroatoms. The zero-order chi connectivity index (χ0) is 18.7. The number of rotatable bonds is 5. The quantitative estimate of drug-likeness (QED) is 0.560. The topological polar surface area (TPSA) is 114 Å². The zero-order valence-corrected chi connectivity index (χ0v) is 15.8. The lowest BCUT2D eigenvalue weighted by atomic mass is 10.3. The lowest BCUT2D eigenvalue weighted by Crippen LogP contribution is -2.45. The summed E-state index contributed by atoms with van der Waals surface area (Å²) in [5, 5.41) is 15.0. The fourth-order valence-corrected chi connectivity index (χ4v) is 4.01. The molecule has 0 aliphatic carbocycles. The molecule has 2 saturated heterocycles. The summed E-state index contributed by atoms with van der Waals surface area (Å²) in [6.45, 7) is 7.60. The van der Waals surface area contributed by atoms with E-state index in [-0.39, 0.29) is 23.5 Å². The Balaban J connectivity index is 2.05. The van der Waals surface area contributed by atoms with Crippen LogP contribution in [0.25, 0.3) is 0 Å². The molecule has 1 aromatic heterocycles. The van der Waals surface area contributed by atoms with Gasteiger partial charge in [0.15, 0.2) is 0 Å². The summed E-state index contributed by atoms with van der Waals surface area (Å²) in [5.41, 5.74) is -0.217. The van der Waals surface area contributed by atoms with Gasteiger partial charge >= 0.3 is 11.6 Å². The highest BCUT2D eigenvalue weighted by Crippen LogP contribution is 2.37. The normalized spacial score (nSPS) is 19.0. The van der Waals surface area contributed by atoms with E-state index in [1.807, 2.05) is 9.80 Å². The van der Waals surface area contributed by atoms with E-state index in [1.54, 1.807) is 13.8 Å². The lowest BCUT2D eigenvalue weighted by molar-refractivity contribution is -0.385. The van der Waals surface area contributed by atoms with E-state index in [1.165, 1.54) is 0 Å². The molecule has 0 aromatic carbocycles. The molecule has 1 N–H and O–H groups in total. The lowest BCUT2D eigenvalue weighted by Gasteiger charge is -2.31. The van der Waals surface area contributed by atoms with Crippen molar-refractivity contribution in [2.24, 2.45) is 0 Å². The Bertz CT molecular complexity index is 685. The Morgan fingerprint density at radius 2 is 1.81 bits per heavy atom. The Hall–Kier alpha value is -2.01. The first-order valence-corrected chi connectivity index (χ1v) is 10.2. The Kier molecular flexibility index (Phi) is 5.87. The van der Waals surface area contributed by atoms with Crippen LogP contribution in [-0.2, 0) is 10.8 Å². The van der Waals surface area contributed by atoms with Gasteiger partial charge in [-0.15, -0.1) is 0 Å². The summed E-state index contributed by atoms with van der Waals surface area (Å²) >= 11 is 0. The van der Waals surface area contributed by atoms with Crippen molar-refractivity contribution in [1.29, 1.82) is 0 Å². The molecule has 0 radical (unpaired) electrons. The summed E-state index contributed by atoms with van der Waals surface area (Å²) < 4.78 is 17.3. The van der Waals surface area contributed by atoms with Crippen LogP contribution in [0.2, 0.25) is 0 Å². The average molecular weight is 384 g/mol. The minimum Gasteiger partial charge on any atom is -0.470 e. The molecule has 0 amide bonds. The zero-order valence-electron chi connectivity index (χ0n) is 15.0. The van der Waals surface area contributed by atoms with Gasteiger partial charge in [0.1, 0.15) is 0 Å². The highest BCUT2D eigenvalue weighted by atomic mass is 32.2. The van der Waals surface area contributed by atoms with Crippen molar-refractivity contribution in [2.75, 3.05) is 60.6 Å². The van der Waals surface area contributed by atoms with Crippen molar-refractivity contribution in [3.8, 4) is 5.88 Å². The molecule has 0 spiro atoms. The molecular weight excluding hydrogens is 360 g/mol. The van der Waals surface area contributed by atoms with E-state index in [2.05, 4.69) is 15.3 Å². The van der Waals surface area contributed by atoms with E-state index in [9.17, 15) is 14.3 Å². The number of anilines is 2. The third kappa shape index (κ3) is 4.21. The number of nitro groups is 1. The molecule has 0 bridgehead atoms. The van der Waals surface area contributed by atoms with Crippen molar-refractivity contribution >= 4 is 28.3 Å². The maximum atomic E-state index is 11.8. The molecule has 3 rings (SSSR count). The summed E-state index contributed by atoms with van der Waals surface area (Å²) in [6.07, 6.45) is -0.249. The second-order valence-corrected chi connectivity index (χ2v) is 8.19. The number of ether oxygens (including phenoxy) is 1. The molecule has 2 fully saturated rings. The van der Waals surface area contributed by atoms with Crippen LogP contribution in [0.1, 0.15) is 13.8 Å². The number of piperazine rings is 1. The number of hydrogen-bond acceptors (Lipinski definition) is 9. The van der Waals surface area contributed by atoms with Crippen LogP contribution in [0.3, 0.4) is 0 Å². The number of hydrogen-bond donors (Lipinski definition) is 1. The van der Waals surface area contributed by atoms with Crippen LogP contribution in [0, 0.1) is 10.1 Å². The van der Waals surface area contributed by atoms with Crippen LogP contribution in [0.5, 0.6) is 5.88 Å². The molecule has 10 nitrogen and oxygen atoms in total. The van der Waals surface area contributed by atoms with Crippen molar-refractivity contribution < 1.29 is 13.9 Å². The van der Waals surface area contributed by atoms with Gasteiger partial charge in [-0.1, -0.05) is 0 Å². The second kappa shape index (κ2) is 8.12. The third-order valence-electron chi connectivity index (χ3n) is 4.23. The minimum atomic E-state index is -0.881. The fourth-order valence-electron chi connectivity index (χ4n) is 2.95. The average Bonchev–Trinajstić information content (AvgIpc) is 2.61. The first-order chi connectivity index (χ1) is 12.5. The van der Waals surface area contributed by atoms with Crippen molar-refractivity contribution in [2.45, 2.75) is 20.0 Å². The molecule has 3 heterocycles. The fraction of sp³-hybridized carbons (Fsp3) is 0.733. The van der Waals surface area contributed by atoms with Gasteiger partial charge < -0.3 is 19.9 Å². The van der Waals surface area contributed by atoms with Gasteiger partial charge in [0.05, 0.1) is 11.0 Å². The molecule has 0 atom stereocenters. The van der Waals surface area contributed by atoms with Crippen LogP contribution < -0.4 is 19.9 Å². The Morgan fingerprint density at radius 3 is 2.38 bits per heavy atom. The highest BCUT2D eigenvalue weighted by molar-refractivity contribution is 7.85. The van der Waals surface area contributed by atoms with Crippen molar-refractivity contribution in [1.82, 2.24) is 15.3 Å². The van der Waals surface area contributed by atoms with Gasteiger partial charge in [-0.25, -0.2) is 0 Å². The van der Waals surface area contributed by atoms with E-state index in [4.69, 9.17) is 4.74 Å². The van der Waals surface area contributed by atoms with Gasteiger partial charge in [-0.05, 0) is 13.8 Å². The minimum absolute atomic E-state index is 0.00442. The smallest absolute Gasteiger partial charge is 0.373 e. The SMILES string of the molecule is CC(C)Oc1nc(N2CCNCC2)nc(N2CCS(=O)CC2)c1[N+](=O)[O-]. The molecule has 1 aromatic rings. The van der Waals surface area contributed by atoms with Gasteiger partial charge in [0.2, 0.25) is 11.8 Å². The van der Waals surface area contributed by atoms with Crippen LogP contribution in [0.4, 0.5) is 17.5 Å². The van der Waals surface area contributed by atoms with Gasteiger partial charge in [-0.2, -0.15) is 9.97 Å². The summed E-state index contributed by atoms with van der Waals surface area (Å²) in [5.74, 6) is 1.64. The standard InChI is InChI=1S/C15H24N6O4S/c1-11(2)25-14-12(21(22)23)13(19-7-9-26(24)10-8-19)17-15(18-14)20-5-3-16-4-6-20/h11,16H,3-10H2,1-2H3. The van der Waals surface area contributed by atoms with Crippen LogP contribution >= 0.6 is 0 Å². The molecule has 26 heavy (non-hydrogen) atoms. The largest absolute Gasteiger partial charge is 0.470 e. The van der Waals surface area contributed by atoms with Crippen molar-refractivity contribution in [3.63, 3.8) is 0 Å². The predicted molar refractivity (Wildman–Crippen MR) is 99.6 cm³/mol. The Labute approximate surface area is 154 Å². The second-order valence-electron chi connectivity index (χ2n) is 6.50. The van der Waals surface area contributed by atoms with E-state index >= 15 is 0 Å².